The molecular weight excluding hydrogens is 701 g/mol. The molecule has 8 nitrogen and oxygen atoms in total. The molecule has 0 amide bonds. The van der Waals surface area contributed by atoms with Crippen molar-refractivity contribution in [1.29, 1.82) is 0 Å². The molecule has 2 aromatic carbocycles. The van der Waals surface area contributed by atoms with Crippen LogP contribution in [0.2, 0.25) is 30.1 Å². The molecule has 0 N–H and O–H groups in total. The van der Waals surface area contributed by atoms with E-state index in [-0.39, 0.29) is 54.2 Å². The second kappa shape index (κ2) is 13.4. The SMILES string of the molecule is CCC1CC1(C)COC(=O)c1c(Cl)c(Cl)cc(Cl)c1OC(=O)C(=O)Oc1c(Cl)cc(Cl)c(Cl)c1C(=O)OCC1(C)CC1CC. The van der Waals surface area contributed by atoms with Crippen LogP contribution in [0.5, 0.6) is 11.5 Å². The van der Waals surface area contributed by atoms with Crippen LogP contribution in [0.3, 0.4) is 0 Å². The van der Waals surface area contributed by atoms with Gasteiger partial charge in [-0.1, -0.05) is 110 Å². The van der Waals surface area contributed by atoms with E-state index in [4.69, 9.17) is 88.6 Å². The lowest BCUT2D eigenvalue weighted by atomic mass is 10.1. The molecule has 0 bridgehead atoms. The van der Waals surface area contributed by atoms with Crippen molar-refractivity contribution >= 4 is 93.5 Å². The number of esters is 4. The van der Waals surface area contributed by atoms with Gasteiger partial charge in [0, 0.05) is 10.8 Å². The monoisotopic (exact) mass is 726 g/mol. The lowest BCUT2D eigenvalue weighted by molar-refractivity contribution is -0.156. The van der Waals surface area contributed by atoms with E-state index in [0.717, 1.165) is 37.8 Å². The molecule has 4 unspecified atom stereocenters. The standard InChI is InChI=1S/C30H28Cl6O8/c1-5-13-9-29(13,3)11-41-25(37)19-21(35)15(31)7-17(33)23(19)43-27(39)28(40)44-24-18(34)8-16(32)22(36)20(24)26(38)42-12-30(4)10-14(30)6-2/h7-8,13-14H,5-6,9-12H2,1-4H3. The molecule has 0 aromatic heterocycles. The first-order valence-electron chi connectivity index (χ1n) is 13.7. The van der Waals surface area contributed by atoms with Crippen LogP contribution >= 0.6 is 69.6 Å². The minimum atomic E-state index is -1.64. The molecule has 2 aliphatic rings. The Hall–Kier alpha value is -1.94. The van der Waals surface area contributed by atoms with Gasteiger partial charge >= 0.3 is 23.9 Å². The molecule has 0 heterocycles. The van der Waals surface area contributed by atoms with Gasteiger partial charge < -0.3 is 18.9 Å². The zero-order valence-corrected chi connectivity index (χ0v) is 28.6. The fraction of sp³-hybridized carbons (Fsp3) is 0.467. The highest BCUT2D eigenvalue weighted by Gasteiger charge is 2.50. The molecule has 2 aliphatic carbocycles. The van der Waals surface area contributed by atoms with E-state index < -0.39 is 46.5 Å². The van der Waals surface area contributed by atoms with Crippen LogP contribution in [0.4, 0.5) is 0 Å². The summed E-state index contributed by atoms with van der Waals surface area (Å²) in [5, 5.41) is -1.48. The molecule has 0 spiro atoms. The zero-order chi connectivity index (χ0) is 32.7. The molecule has 0 saturated heterocycles. The predicted octanol–water partition coefficient (Wildman–Crippen LogP) is 9.30. The van der Waals surface area contributed by atoms with E-state index in [1.165, 1.54) is 0 Å². The van der Waals surface area contributed by atoms with E-state index in [9.17, 15) is 19.2 Å². The smallest absolute Gasteiger partial charge is 0.423 e. The Balaban J connectivity index is 1.55. The second-order valence-corrected chi connectivity index (χ2v) is 14.0. The van der Waals surface area contributed by atoms with E-state index in [2.05, 4.69) is 0 Å². The fourth-order valence-electron chi connectivity index (χ4n) is 5.23. The Labute approximate surface area is 284 Å². The predicted molar refractivity (Wildman–Crippen MR) is 168 cm³/mol. The summed E-state index contributed by atoms with van der Waals surface area (Å²) >= 11 is 37.3. The summed E-state index contributed by atoms with van der Waals surface area (Å²) in [4.78, 5) is 52.0. The first kappa shape index (κ1) is 34.9. The third-order valence-electron chi connectivity index (χ3n) is 8.35. The molecule has 0 radical (unpaired) electrons. The summed E-state index contributed by atoms with van der Waals surface area (Å²) in [6.45, 7) is 8.18. The third-order valence-corrected chi connectivity index (χ3v) is 10.5. The number of rotatable bonds is 10. The maximum Gasteiger partial charge on any atom is 0.423 e. The largest absolute Gasteiger partial charge is 0.461 e. The summed E-state index contributed by atoms with van der Waals surface area (Å²) in [7, 11) is 0. The number of carbonyl (C=O) groups excluding carboxylic acids is 4. The highest BCUT2D eigenvalue weighted by molar-refractivity contribution is 6.47. The van der Waals surface area contributed by atoms with Crippen molar-refractivity contribution in [1.82, 2.24) is 0 Å². The first-order valence-corrected chi connectivity index (χ1v) is 16.0. The Morgan fingerprint density at radius 3 is 1.30 bits per heavy atom. The van der Waals surface area contributed by atoms with Crippen molar-refractivity contribution < 1.29 is 38.1 Å². The maximum atomic E-state index is 13.1. The van der Waals surface area contributed by atoms with E-state index >= 15 is 0 Å². The van der Waals surface area contributed by atoms with Gasteiger partial charge in [-0.15, -0.1) is 0 Å². The van der Waals surface area contributed by atoms with Crippen molar-refractivity contribution in [2.24, 2.45) is 22.7 Å². The number of hydrogen-bond donors (Lipinski definition) is 0. The fourth-order valence-corrected chi connectivity index (χ4v) is 6.67. The maximum absolute atomic E-state index is 13.1. The second-order valence-electron chi connectivity index (χ2n) is 11.6. The van der Waals surface area contributed by atoms with Crippen molar-refractivity contribution in [2.45, 2.75) is 53.4 Å². The van der Waals surface area contributed by atoms with Crippen LogP contribution < -0.4 is 9.47 Å². The van der Waals surface area contributed by atoms with Crippen LogP contribution in [-0.4, -0.2) is 37.1 Å². The highest BCUT2D eigenvalue weighted by atomic mass is 35.5. The zero-order valence-electron chi connectivity index (χ0n) is 24.1. The number of benzene rings is 2. The van der Waals surface area contributed by atoms with Gasteiger partial charge in [0.1, 0.15) is 11.1 Å². The minimum Gasteiger partial charge on any atom is -0.461 e. The Bertz CT molecular complexity index is 1430. The molecule has 2 saturated carbocycles. The average molecular weight is 729 g/mol. The van der Waals surface area contributed by atoms with E-state index in [1.807, 2.05) is 27.7 Å². The van der Waals surface area contributed by atoms with E-state index in [1.54, 1.807) is 0 Å². The van der Waals surface area contributed by atoms with Crippen LogP contribution in [0.25, 0.3) is 0 Å². The molecule has 2 aromatic rings. The number of carbonyl (C=O) groups is 4. The topological polar surface area (TPSA) is 105 Å². The summed E-state index contributed by atoms with van der Waals surface area (Å²) < 4.78 is 21.3. The van der Waals surface area contributed by atoms with Crippen LogP contribution in [-0.2, 0) is 19.1 Å². The van der Waals surface area contributed by atoms with Crippen molar-refractivity contribution in [3.8, 4) is 11.5 Å². The summed E-state index contributed by atoms with van der Waals surface area (Å²) in [5.41, 5.74) is -1.32. The van der Waals surface area contributed by atoms with Gasteiger partial charge in [0.05, 0.1) is 43.3 Å². The summed E-state index contributed by atoms with van der Waals surface area (Å²) in [6.07, 6.45) is 3.59. The van der Waals surface area contributed by atoms with Gasteiger partial charge in [0.25, 0.3) is 0 Å². The van der Waals surface area contributed by atoms with Crippen LogP contribution in [0.15, 0.2) is 12.1 Å². The molecule has 2 fully saturated rings. The van der Waals surface area contributed by atoms with Gasteiger partial charge in [-0.2, -0.15) is 0 Å². The lowest BCUT2D eigenvalue weighted by Crippen LogP contribution is -2.28. The Kier molecular flexibility index (Phi) is 10.7. The summed E-state index contributed by atoms with van der Waals surface area (Å²) in [6, 6.07) is 2.25. The molecular formula is C30H28Cl6O8. The van der Waals surface area contributed by atoms with Crippen molar-refractivity contribution in [3.63, 3.8) is 0 Å². The van der Waals surface area contributed by atoms with Gasteiger partial charge in [-0.25, -0.2) is 19.2 Å². The lowest BCUT2D eigenvalue weighted by Gasteiger charge is -2.17. The molecule has 4 rings (SSSR count). The summed E-state index contributed by atoms with van der Waals surface area (Å²) in [5.74, 6) is -5.60. The van der Waals surface area contributed by atoms with Gasteiger partial charge in [-0.3, -0.25) is 0 Å². The van der Waals surface area contributed by atoms with Crippen molar-refractivity contribution in [2.75, 3.05) is 13.2 Å². The van der Waals surface area contributed by atoms with Crippen LogP contribution in [0, 0.1) is 22.7 Å². The average Bonchev–Trinajstić information content (AvgIpc) is 3.85. The molecule has 44 heavy (non-hydrogen) atoms. The first-order chi connectivity index (χ1) is 20.6. The van der Waals surface area contributed by atoms with E-state index in [0.29, 0.717) is 11.8 Å². The normalized spacial score (nSPS) is 23.5. The number of hydrogen-bond acceptors (Lipinski definition) is 8. The Morgan fingerprint density at radius 2 is 1.00 bits per heavy atom. The number of ether oxygens (including phenoxy) is 4. The van der Waals surface area contributed by atoms with Gasteiger partial charge in [0.2, 0.25) is 0 Å². The molecule has 0 aliphatic heterocycles. The van der Waals surface area contributed by atoms with Crippen LogP contribution in [0.1, 0.15) is 74.1 Å². The number of halogens is 6. The minimum absolute atomic E-state index is 0.0766. The molecule has 238 valence electrons. The van der Waals surface area contributed by atoms with Crippen molar-refractivity contribution in [3.05, 3.63) is 53.4 Å². The quantitative estimate of drug-likeness (QED) is 0.103. The Morgan fingerprint density at radius 1 is 0.659 bits per heavy atom. The third kappa shape index (κ3) is 7.21. The molecule has 4 atom stereocenters. The molecule has 14 heteroatoms. The van der Waals surface area contributed by atoms with Gasteiger partial charge in [0.15, 0.2) is 11.5 Å². The highest BCUT2D eigenvalue weighted by Crippen LogP contribution is 2.55. The van der Waals surface area contributed by atoms with Gasteiger partial charge in [-0.05, 0) is 36.8 Å².